The van der Waals surface area contributed by atoms with Crippen LogP contribution in [0.25, 0.3) is 5.82 Å². The number of carbonyl (C=O) groups is 1. The maximum Gasteiger partial charge on any atom is 0.256 e. The summed E-state index contributed by atoms with van der Waals surface area (Å²) in [5.41, 5.74) is 1.20. The summed E-state index contributed by atoms with van der Waals surface area (Å²) in [6, 6.07) is 3.62. The van der Waals surface area contributed by atoms with Crippen molar-refractivity contribution in [3.05, 3.63) is 60.5 Å². The van der Waals surface area contributed by atoms with Crippen LogP contribution < -0.4 is 5.32 Å². The molecule has 2 aliphatic rings. The molecule has 0 aromatic carbocycles. The van der Waals surface area contributed by atoms with Crippen molar-refractivity contribution < 1.29 is 13.2 Å². The third-order valence-corrected chi connectivity index (χ3v) is 5.19. The molecule has 27 heavy (non-hydrogen) atoms. The summed E-state index contributed by atoms with van der Waals surface area (Å²) in [5, 5.41) is 6.90. The van der Waals surface area contributed by atoms with Gasteiger partial charge in [-0.25, -0.2) is 23.1 Å². The van der Waals surface area contributed by atoms with Gasteiger partial charge in [0.05, 0.1) is 11.3 Å². The number of hydrogen-bond donors (Lipinski definition) is 1. The van der Waals surface area contributed by atoms with E-state index in [0.717, 1.165) is 5.56 Å². The molecule has 0 unspecified atom stereocenters. The summed E-state index contributed by atoms with van der Waals surface area (Å²) in [6.45, 7) is 0.518. The molecule has 0 aliphatic carbocycles. The van der Waals surface area contributed by atoms with Crippen molar-refractivity contribution in [2.75, 3.05) is 12.3 Å². The minimum absolute atomic E-state index is 0.0767. The number of hydrogen-bond acceptors (Lipinski definition) is 7. The summed E-state index contributed by atoms with van der Waals surface area (Å²) in [5.74, 6) is 0.539. The van der Waals surface area contributed by atoms with Crippen molar-refractivity contribution in [1.82, 2.24) is 30.0 Å². The average Bonchev–Trinajstić information content (AvgIpc) is 3.20. The quantitative estimate of drug-likeness (QED) is 0.772. The molecule has 2 aromatic heterocycles. The number of carbonyl (C=O) groups excluding carboxylic acids is 1. The van der Waals surface area contributed by atoms with Crippen molar-refractivity contribution in [3.63, 3.8) is 0 Å². The first kappa shape index (κ1) is 17.1. The molecule has 1 amide bonds. The van der Waals surface area contributed by atoms with Gasteiger partial charge in [-0.15, -0.1) is 4.40 Å². The van der Waals surface area contributed by atoms with Crippen LogP contribution in [0, 0.1) is 0 Å². The topological polar surface area (TPSA) is 122 Å². The highest BCUT2D eigenvalue weighted by atomic mass is 32.2. The number of aromatic nitrogens is 4. The molecular formula is C16H15N7O3S. The van der Waals surface area contributed by atoms with Crippen LogP contribution in [0.2, 0.25) is 0 Å². The Kier molecular flexibility index (Phi) is 4.28. The monoisotopic (exact) mass is 385 g/mol. The zero-order valence-electron chi connectivity index (χ0n) is 14.1. The molecule has 4 rings (SSSR count). The first-order valence-corrected chi connectivity index (χ1v) is 9.69. The molecule has 1 N–H and O–H groups in total. The Bertz CT molecular complexity index is 1070. The molecule has 11 heteroatoms. The van der Waals surface area contributed by atoms with E-state index in [0.29, 0.717) is 17.2 Å². The van der Waals surface area contributed by atoms with Gasteiger partial charge in [0.2, 0.25) is 0 Å². The van der Waals surface area contributed by atoms with Crippen LogP contribution in [0.15, 0.2) is 59.3 Å². The van der Waals surface area contributed by atoms with Crippen LogP contribution in [0.4, 0.5) is 0 Å². The Balaban J connectivity index is 1.48. The summed E-state index contributed by atoms with van der Waals surface area (Å²) in [6.07, 6.45) is 9.26. The smallest absolute Gasteiger partial charge is 0.256 e. The van der Waals surface area contributed by atoms with E-state index in [1.807, 2.05) is 6.07 Å². The van der Waals surface area contributed by atoms with E-state index in [9.17, 15) is 13.2 Å². The molecular weight excluding hydrogens is 370 g/mol. The third kappa shape index (κ3) is 3.62. The van der Waals surface area contributed by atoms with Gasteiger partial charge in [0, 0.05) is 31.0 Å². The summed E-state index contributed by atoms with van der Waals surface area (Å²) in [4.78, 5) is 22.3. The zero-order valence-corrected chi connectivity index (χ0v) is 14.9. The highest BCUT2D eigenvalue weighted by Gasteiger charge is 2.25. The second-order valence-corrected chi connectivity index (χ2v) is 7.61. The molecule has 4 heterocycles. The molecule has 0 fully saturated rings. The SMILES string of the molecule is O=C(NCc1cccnc1-n1cncn1)C1=CN2CCS(=O)(=O)N=C2C=C1. The Hall–Kier alpha value is -3.34. The van der Waals surface area contributed by atoms with E-state index >= 15 is 0 Å². The minimum Gasteiger partial charge on any atom is -0.348 e. The number of amides is 1. The number of nitrogens with zero attached hydrogens (tertiary/aromatic N) is 6. The lowest BCUT2D eigenvalue weighted by Gasteiger charge is -2.27. The predicted molar refractivity (Wildman–Crippen MR) is 96.2 cm³/mol. The lowest BCUT2D eigenvalue weighted by molar-refractivity contribution is -0.117. The third-order valence-electron chi connectivity index (χ3n) is 4.03. The maximum absolute atomic E-state index is 12.5. The molecule has 0 saturated heterocycles. The van der Waals surface area contributed by atoms with E-state index < -0.39 is 10.0 Å². The standard InChI is InChI=1S/C16H15N7O3S/c24-16(13-3-4-14-21-27(25,26)7-6-22(14)9-13)19-8-12-2-1-5-18-15(12)23-11-17-10-20-23/h1-5,9-11H,6-8H2,(H,19,24). The largest absolute Gasteiger partial charge is 0.348 e. The first-order valence-electron chi connectivity index (χ1n) is 8.08. The number of sulfonamides is 1. The predicted octanol–water partition coefficient (Wildman–Crippen LogP) is -0.224. The Morgan fingerprint density at radius 3 is 3.00 bits per heavy atom. The average molecular weight is 385 g/mol. The van der Waals surface area contributed by atoms with Crippen LogP contribution in [0.1, 0.15) is 5.56 Å². The van der Waals surface area contributed by atoms with Crippen molar-refractivity contribution >= 4 is 21.8 Å². The number of pyridine rings is 1. The van der Waals surface area contributed by atoms with Crippen molar-refractivity contribution in [2.24, 2.45) is 4.40 Å². The summed E-state index contributed by atoms with van der Waals surface area (Å²) in [7, 11) is -3.42. The molecule has 10 nitrogen and oxygen atoms in total. The molecule has 0 saturated carbocycles. The van der Waals surface area contributed by atoms with Gasteiger partial charge in [0.25, 0.3) is 15.9 Å². The fraction of sp³-hybridized carbons (Fsp3) is 0.188. The number of rotatable bonds is 4. The van der Waals surface area contributed by atoms with Crippen LogP contribution in [-0.2, 0) is 21.4 Å². The lowest BCUT2D eigenvalue weighted by atomic mass is 10.1. The summed E-state index contributed by atoms with van der Waals surface area (Å²) < 4.78 is 28.3. The van der Waals surface area contributed by atoms with Gasteiger partial charge in [-0.3, -0.25) is 4.79 Å². The van der Waals surface area contributed by atoms with Gasteiger partial charge < -0.3 is 10.2 Å². The number of nitrogens with one attached hydrogen (secondary N) is 1. The fourth-order valence-corrected chi connectivity index (χ4v) is 3.67. The minimum atomic E-state index is -3.42. The Morgan fingerprint density at radius 1 is 1.30 bits per heavy atom. The van der Waals surface area contributed by atoms with Gasteiger partial charge in [-0.1, -0.05) is 6.07 Å². The molecule has 2 aliphatic heterocycles. The van der Waals surface area contributed by atoms with Crippen LogP contribution in [-0.4, -0.2) is 57.1 Å². The Labute approximate surface area is 155 Å². The van der Waals surface area contributed by atoms with Crippen molar-refractivity contribution in [1.29, 1.82) is 0 Å². The second-order valence-electron chi connectivity index (χ2n) is 5.86. The van der Waals surface area contributed by atoms with E-state index in [1.54, 1.807) is 29.4 Å². The van der Waals surface area contributed by atoms with Gasteiger partial charge in [0.15, 0.2) is 5.82 Å². The van der Waals surface area contributed by atoms with E-state index in [1.165, 1.54) is 23.4 Å². The first-order chi connectivity index (χ1) is 13.0. The highest BCUT2D eigenvalue weighted by molar-refractivity contribution is 7.90. The summed E-state index contributed by atoms with van der Waals surface area (Å²) >= 11 is 0. The van der Waals surface area contributed by atoms with E-state index in [2.05, 4.69) is 24.8 Å². The molecule has 138 valence electrons. The van der Waals surface area contributed by atoms with Gasteiger partial charge in [0.1, 0.15) is 18.5 Å². The lowest BCUT2D eigenvalue weighted by Crippen LogP contribution is -2.38. The second kappa shape index (κ2) is 6.76. The van der Waals surface area contributed by atoms with Crippen LogP contribution >= 0.6 is 0 Å². The Morgan fingerprint density at radius 2 is 2.19 bits per heavy atom. The van der Waals surface area contributed by atoms with Gasteiger partial charge in [-0.2, -0.15) is 5.10 Å². The molecule has 0 atom stereocenters. The number of amidine groups is 1. The van der Waals surface area contributed by atoms with Crippen LogP contribution in [0.5, 0.6) is 0 Å². The molecule has 2 aromatic rings. The highest BCUT2D eigenvalue weighted by Crippen LogP contribution is 2.16. The van der Waals surface area contributed by atoms with Gasteiger partial charge in [-0.05, 0) is 18.2 Å². The van der Waals surface area contributed by atoms with E-state index in [4.69, 9.17) is 0 Å². The normalized spacial score (nSPS) is 17.7. The fourth-order valence-electron chi connectivity index (χ4n) is 2.70. The molecule has 0 bridgehead atoms. The zero-order chi connectivity index (χ0) is 18.9. The molecule has 0 spiro atoms. The maximum atomic E-state index is 12.5. The van der Waals surface area contributed by atoms with Gasteiger partial charge >= 0.3 is 0 Å². The number of fused-ring (bicyclic) bond motifs is 1. The molecule has 0 radical (unpaired) electrons. The van der Waals surface area contributed by atoms with Crippen LogP contribution in [0.3, 0.4) is 0 Å². The van der Waals surface area contributed by atoms with Crippen molar-refractivity contribution in [3.8, 4) is 5.82 Å². The van der Waals surface area contributed by atoms with E-state index in [-0.39, 0.29) is 24.7 Å². The van der Waals surface area contributed by atoms with Crippen molar-refractivity contribution in [2.45, 2.75) is 6.54 Å².